The Morgan fingerprint density at radius 1 is 1.19 bits per heavy atom. The van der Waals surface area contributed by atoms with Crippen molar-refractivity contribution >= 4 is 5.78 Å². The Bertz CT molecular complexity index is 383. The molecule has 0 radical (unpaired) electrons. The Kier molecular flexibility index (Phi) is 3.90. The summed E-state index contributed by atoms with van der Waals surface area (Å²) in [7, 11) is 0. The zero-order valence-electron chi connectivity index (χ0n) is 11.1. The molecule has 0 aliphatic heterocycles. The molecule has 1 nitrogen and oxygen atoms in total. The van der Waals surface area contributed by atoms with Gasteiger partial charge >= 0.3 is 0 Å². The predicted molar refractivity (Wildman–Crippen MR) is 68.7 cm³/mol. The Hall–Kier alpha value is -1.11. The van der Waals surface area contributed by atoms with Gasteiger partial charge in [-0.1, -0.05) is 39.0 Å². The Morgan fingerprint density at radius 2 is 1.81 bits per heavy atom. The fourth-order valence-corrected chi connectivity index (χ4v) is 1.71. The second kappa shape index (κ2) is 4.82. The lowest BCUT2D eigenvalue weighted by atomic mass is 9.86. The van der Waals surface area contributed by atoms with E-state index in [2.05, 4.69) is 32.0 Å². The van der Waals surface area contributed by atoms with Crippen molar-refractivity contribution in [3.05, 3.63) is 34.9 Å². The third-order valence-corrected chi connectivity index (χ3v) is 3.17. The Labute approximate surface area is 98.9 Å². The lowest BCUT2D eigenvalue weighted by Crippen LogP contribution is -2.20. The first-order valence-electron chi connectivity index (χ1n) is 5.91. The number of carbonyl (C=O) groups excluding carboxylic acids is 1. The highest BCUT2D eigenvalue weighted by atomic mass is 16.1. The summed E-state index contributed by atoms with van der Waals surface area (Å²) >= 11 is 0. The molecule has 0 aromatic heterocycles. The molecule has 88 valence electrons. The standard InChI is InChI=1S/C15H22O/c1-11-7-6-8-13(12(11)2)9-10-14(16)15(3,4)5/h6-8H,9-10H2,1-5H3. The smallest absolute Gasteiger partial charge is 0.138 e. The van der Waals surface area contributed by atoms with Crippen molar-refractivity contribution in [3.8, 4) is 0 Å². The molecule has 1 rings (SSSR count). The summed E-state index contributed by atoms with van der Waals surface area (Å²) in [6.45, 7) is 10.2. The predicted octanol–water partition coefficient (Wildman–Crippen LogP) is 3.85. The minimum atomic E-state index is -0.211. The lowest BCUT2D eigenvalue weighted by molar-refractivity contribution is -0.126. The van der Waals surface area contributed by atoms with E-state index in [0.717, 1.165) is 6.42 Å². The number of aryl methyl sites for hydroxylation is 2. The number of ketones is 1. The lowest BCUT2D eigenvalue weighted by Gasteiger charge is -2.17. The van der Waals surface area contributed by atoms with Gasteiger partial charge in [0.1, 0.15) is 5.78 Å². The molecule has 0 spiro atoms. The molecule has 0 N–H and O–H groups in total. The van der Waals surface area contributed by atoms with Gasteiger partial charge in [0.2, 0.25) is 0 Å². The molecule has 0 atom stereocenters. The van der Waals surface area contributed by atoms with E-state index in [4.69, 9.17) is 0 Å². The minimum absolute atomic E-state index is 0.211. The fourth-order valence-electron chi connectivity index (χ4n) is 1.71. The molecule has 0 amide bonds. The van der Waals surface area contributed by atoms with Crippen LogP contribution in [0.15, 0.2) is 18.2 Å². The van der Waals surface area contributed by atoms with Crippen LogP contribution in [0.2, 0.25) is 0 Å². The Balaban J connectivity index is 2.69. The van der Waals surface area contributed by atoms with E-state index in [1.165, 1.54) is 16.7 Å². The minimum Gasteiger partial charge on any atom is -0.299 e. The van der Waals surface area contributed by atoms with Gasteiger partial charge in [-0.25, -0.2) is 0 Å². The summed E-state index contributed by atoms with van der Waals surface area (Å²) in [4.78, 5) is 11.8. The highest BCUT2D eigenvalue weighted by Crippen LogP contribution is 2.20. The van der Waals surface area contributed by atoms with Crippen LogP contribution in [0.4, 0.5) is 0 Å². The molecule has 16 heavy (non-hydrogen) atoms. The molecule has 0 fully saturated rings. The van der Waals surface area contributed by atoms with Crippen LogP contribution in [0.25, 0.3) is 0 Å². The molecule has 1 heteroatoms. The van der Waals surface area contributed by atoms with Crippen molar-refractivity contribution < 1.29 is 4.79 Å². The molecule has 0 aliphatic rings. The van der Waals surface area contributed by atoms with Crippen molar-refractivity contribution in [2.24, 2.45) is 5.41 Å². The van der Waals surface area contributed by atoms with Crippen LogP contribution in [-0.4, -0.2) is 5.78 Å². The van der Waals surface area contributed by atoms with Gasteiger partial charge in [0.25, 0.3) is 0 Å². The summed E-state index contributed by atoms with van der Waals surface area (Å²) in [5, 5.41) is 0. The molecule has 0 bridgehead atoms. The first-order chi connectivity index (χ1) is 7.32. The molecular formula is C15H22O. The van der Waals surface area contributed by atoms with Crippen molar-refractivity contribution in [1.82, 2.24) is 0 Å². The quantitative estimate of drug-likeness (QED) is 0.753. The van der Waals surface area contributed by atoms with Crippen LogP contribution < -0.4 is 0 Å². The number of rotatable bonds is 3. The van der Waals surface area contributed by atoms with Gasteiger partial charge in [0, 0.05) is 11.8 Å². The first-order valence-corrected chi connectivity index (χ1v) is 5.91. The molecule has 0 aliphatic carbocycles. The number of hydrogen-bond acceptors (Lipinski definition) is 1. The molecule has 0 saturated carbocycles. The SMILES string of the molecule is Cc1cccc(CCC(=O)C(C)(C)C)c1C. The molecular weight excluding hydrogens is 196 g/mol. The van der Waals surface area contributed by atoms with E-state index in [0.29, 0.717) is 12.2 Å². The third kappa shape index (κ3) is 3.19. The molecule has 0 unspecified atom stereocenters. The van der Waals surface area contributed by atoms with Gasteiger partial charge in [0.15, 0.2) is 0 Å². The van der Waals surface area contributed by atoms with E-state index >= 15 is 0 Å². The van der Waals surface area contributed by atoms with Gasteiger partial charge in [-0.2, -0.15) is 0 Å². The molecule has 0 heterocycles. The summed E-state index contributed by atoms with van der Waals surface area (Å²) in [6.07, 6.45) is 1.51. The number of hydrogen-bond donors (Lipinski definition) is 0. The van der Waals surface area contributed by atoms with Gasteiger partial charge in [-0.15, -0.1) is 0 Å². The third-order valence-electron chi connectivity index (χ3n) is 3.17. The van der Waals surface area contributed by atoms with Gasteiger partial charge < -0.3 is 0 Å². The molecule has 1 aromatic rings. The van der Waals surface area contributed by atoms with E-state index in [-0.39, 0.29) is 5.41 Å². The van der Waals surface area contributed by atoms with Crippen molar-refractivity contribution in [3.63, 3.8) is 0 Å². The monoisotopic (exact) mass is 218 g/mol. The van der Waals surface area contributed by atoms with Crippen LogP contribution in [0.3, 0.4) is 0 Å². The van der Waals surface area contributed by atoms with E-state index in [1.807, 2.05) is 20.8 Å². The first kappa shape index (κ1) is 13.0. The van der Waals surface area contributed by atoms with Gasteiger partial charge in [-0.3, -0.25) is 4.79 Å². The van der Waals surface area contributed by atoms with Crippen molar-refractivity contribution in [2.75, 3.05) is 0 Å². The highest BCUT2D eigenvalue weighted by molar-refractivity contribution is 5.83. The van der Waals surface area contributed by atoms with Crippen LogP contribution in [0, 0.1) is 19.3 Å². The van der Waals surface area contributed by atoms with Crippen LogP contribution in [0.1, 0.15) is 43.9 Å². The summed E-state index contributed by atoms with van der Waals surface area (Å²) in [6, 6.07) is 6.31. The van der Waals surface area contributed by atoms with Crippen LogP contribution in [-0.2, 0) is 11.2 Å². The zero-order valence-corrected chi connectivity index (χ0v) is 11.1. The topological polar surface area (TPSA) is 17.1 Å². The number of Topliss-reactive ketones (excluding diaryl/α,β-unsaturated/α-hetero) is 1. The summed E-state index contributed by atoms with van der Waals surface area (Å²) in [5.41, 5.74) is 3.72. The van der Waals surface area contributed by atoms with Crippen molar-refractivity contribution in [2.45, 2.75) is 47.5 Å². The number of carbonyl (C=O) groups is 1. The highest BCUT2D eigenvalue weighted by Gasteiger charge is 2.20. The van der Waals surface area contributed by atoms with Crippen LogP contribution >= 0.6 is 0 Å². The van der Waals surface area contributed by atoms with Crippen LogP contribution in [0.5, 0.6) is 0 Å². The second-order valence-corrected chi connectivity index (χ2v) is 5.53. The maximum atomic E-state index is 11.8. The maximum Gasteiger partial charge on any atom is 0.138 e. The van der Waals surface area contributed by atoms with Crippen molar-refractivity contribution in [1.29, 1.82) is 0 Å². The van der Waals surface area contributed by atoms with E-state index in [9.17, 15) is 4.79 Å². The normalized spacial score (nSPS) is 11.6. The summed E-state index contributed by atoms with van der Waals surface area (Å²) in [5.74, 6) is 0.341. The molecule has 1 aromatic carbocycles. The summed E-state index contributed by atoms with van der Waals surface area (Å²) < 4.78 is 0. The Morgan fingerprint density at radius 3 is 2.38 bits per heavy atom. The molecule has 0 saturated heterocycles. The average Bonchev–Trinajstić information content (AvgIpc) is 2.18. The average molecular weight is 218 g/mol. The second-order valence-electron chi connectivity index (χ2n) is 5.53. The van der Waals surface area contributed by atoms with Gasteiger partial charge in [-0.05, 0) is 37.0 Å². The maximum absolute atomic E-state index is 11.8. The number of benzene rings is 1. The largest absolute Gasteiger partial charge is 0.299 e. The fraction of sp³-hybridized carbons (Fsp3) is 0.533. The zero-order chi connectivity index (χ0) is 12.3. The van der Waals surface area contributed by atoms with E-state index in [1.54, 1.807) is 0 Å². The van der Waals surface area contributed by atoms with E-state index < -0.39 is 0 Å². The van der Waals surface area contributed by atoms with Gasteiger partial charge in [0.05, 0.1) is 0 Å².